The van der Waals surface area contributed by atoms with Gasteiger partial charge in [-0.15, -0.1) is 0 Å². The van der Waals surface area contributed by atoms with Gasteiger partial charge in [-0.2, -0.15) is 0 Å². The Balaban J connectivity index is 1.91. The molecule has 0 spiro atoms. The number of nitrogens with zero attached hydrogens (tertiary/aromatic N) is 1. The van der Waals surface area contributed by atoms with Crippen molar-refractivity contribution in [1.82, 2.24) is 20.6 Å². The maximum absolute atomic E-state index is 11.6. The van der Waals surface area contributed by atoms with E-state index in [-0.39, 0.29) is 12.1 Å². The van der Waals surface area contributed by atoms with Crippen LogP contribution in [0.15, 0.2) is 12.5 Å². The molecule has 2 amide bonds. The Morgan fingerprint density at radius 2 is 2.39 bits per heavy atom. The number of methoxy groups -OCH3 is 1. The maximum atomic E-state index is 11.6. The molecule has 0 radical (unpaired) electrons. The van der Waals surface area contributed by atoms with E-state index in [4.69, 9.17) is 0 Å². The van der Waals surface area contributed by atoms with Crippen LogP contribution < -0.4 is 10.6 Å². The molecular formula is C11H16N4O3. The summed E-state index contributed by atoms with van der Waals surface area (Å²) in [6.45, 7) is 0. The topological polar surface area (TPSA) is 96.1 Å². The van der Waals surface area contributed by atoms with E-state index >= 15 is 0 Å². The molecule has 1 aromatic heterocycles. The third-order valence-electron chi connectivity index (χ3n) is 2.68. The van der Waals surface area contributed by atoms with E-state index in [0.717, 1.165) is 18.5 Å². The summed E-state index contributed by atoms with van der Waals surface area (Å²) in [5.74, 6) is -0.476. The summed E-state index contributed by atoms with van der Waals surface area (Å²) in [7, 11) is 1.29. The molecule has 0 aromatic carbocycles. The van der Waals surface area contributed by atoms with Gasteiger partial charge in [-0.1, -0.05) is 0 Å². The Hall–Kier alpha value is -2.05. The van der Waals surface area contributed by atoms with Gasteiger partial charge in [0.1, 0.15) is 6.04 Å². The average Bonchev–Trinajstić information content (AvgIpc) is 3.01. The molecule has 0 aliphatic heterocycles. The maximum Gasteiger partial charge on any atom is 0.328 e. The van der Waals surface area contributed by atoms with Crippen molar-refractivity contribution in [3.63, 3.8) is 0 Å². The SMILES string of the molecule is COC(=O)[C@H](Cc1cnc[nH]1)NC(=O)NC1CC1. The number of H-pyrrole nitrogens is 1. The second-order valence-corrected chi connectivity index (χ2v) is 4.25. The molecule has 1 aliphatic rings. The summed E-state index contributed by atoms with van der Waals surface area (Å²) in [6, 6.07) is -0.808. The van der Waals surface area contributed by atoms with Crippen molar-refractivity contribution in [1.29, 1.82) is 0 Å². The van der Waals surface area contributed by atoms with Crippen molar-refractivity contribution in [2.75, 3.05) is 7.11 Å². The monoisotopic (exact) mass is 252 g/mol. The van der Waals surface area contributed by atoms with Gasteiger partial charge in [0, 0.05) is 24.4 Å². The molecule has 7 heteroatoms. The predicted molar refractivity (Wildman–Crippen MR) is 62.8 cm³/mol. The zero-order valence-electron chi connectivity index (χ0n) is 10.1. The number of carbonyl (C=O) groups is 2. The summed E-state index contributed by atoms with van der Waals surface area (Å²) >= 11 is 0. The zero-order valence-corrected chi connectivity index (χ0v) is 10.1. The Morgan fingerprint density at radius 3 is 2.94 bits per heavy atom. The summed E-state index contributed by atoms with van der Waals surface area (Å²) < 4.78 is 4.67. The predicted octanol–water partition coefficient (Wildman–Crippen LogP) is -0.0446. The highest BCUT2D eigenvalue weighted by Gasteiger charge is 2.27. The van der Waals surface area contributed by atoms with Gasteiger partial charge >= 0.3 is 12.0 Å². The molecule has 0 saturated heterocycles. The van der Waals surface area contributed by atoms with Crippen LogP contribution in [0.25, 0.3) is 0 Å². The van der Waals surface area contributed by atoms with Gasteiger partial charge in [0.15, 0.2) is 0 Å². The highest BCUT2D eigenvalue weighted by molar-refractivity contribution is 5.83. The molecule has 1 saturated carbocycles. The zero-order chi connectivity index (χ0) is 13.0. The minimum atomic E-state index is -0.714. The summed E-state index contributed by atoms with van der Waals surface area (Å²) in [6.07, 6.45) is 5.45. The Morgan fingerprint density at radius 1 is 1.61 bits per heavy atom. The number of urea groups is 1. The van der Waals surface area contributed by atoms with Gasteiger partial charge in [-0.05, 0) is 12.8 Å². The van der Waals surface area contributed by atoms with Crippen LogP contribution in [0.4, 0.5) is 4.79 Å². The number of carbonyl (C=O) groups excluding carboxylic acids is 2. The highest BCUT2D eigenvalue weighted by atomic mass is 16.5. The van der Waals surface area contributed by atoms with Gasteiger partial charge in [-0.25, -0.2) is 14.6 Å². The lowest BCUT2D eigenvalue weighted by molar-refractivity contribution is -0.142. The number of hydrogen-bond donors (Lipinski definition) is 3. The van der Waals surface area contributed by atoms with Crippen molar-refractivity contribution in [3.05, 3.63) is 18.2 Å². The molecule has 98 valence electrons. The third-order valence-corrected chi connectivity index (χ3v) is 2.68. The van der Waals surface area contributed by atoms with Crippen molar-refractivity contribution in [2.24, 2.45) is 0 Å². The van der Waals surface area contributed by atoms with E-state index in [1.165, 1.54) is 13.4 Å². The molecular weight excluding hydrogens is 236 g/mol. The van der Waals surface area contributed by atoms with E-state index in [1.807, 2.05) is 0 Å². The fourth-order valence-corrected chi connectivity index (χ4v) is 1.56. The van der Waals surface area contributed by atoms with E-state index in [1.54, 1.807) is 6.20 Å². The van der Waals surface area contributed by atoms with Crippen molar-refractivity contribution < 1.29 is 14.3 Å². The van der Waals surface area contributed by atoms with Crippen molar-refractivity contribution in [3.8, 4) is 0 Å². The normalized spacial score (nSPS) is 15.8. The van der Waals surface area contributed by atoms with Crippen LogP contribution >= 0.6 is 0 Å². The third kappa shape index (κ3) is 3.47. The second-order valence-electron chi connectivity index (χ2n) is 4.25. The molecule has 1 heterocycles. The highest BCUT2D eigenvalue weighted by Crippen LogP contribution is 2.18. The number of ether oxygens (including phenoxy) is 1. The molecule has 3 N–H and O–H groups in total. The van der Waals surface area contributed by atoms with E-state index in [0.29, 0.717) is 6.42 Å². The number of hydrogen-bond acceptors (Lipinski definition) is 4. The number of amides is 2. The van der Waals surface area contributed by atoms with Gasteiger partial charge < -0.3 is 20.4 Å². The number of esters is 1. The number of aromatic amines is 1. The lowest BCUT2D eigenvalue weighted by Crippen LogP contribution is -2.48. The molecule has 0 unspecified atom stereocenters. The van der Waals surface area contributed by atoms with E-state index in [9.17, 15) is 9.59 Å². The van der Waals surface area contributed by atoms with Gasteiger partial charge in [0.05, 0.1) is 13.4 Å². The lowest BCUT2D eigenvalue weighted by Gasteiger charge is -2.16. The Labute approximate surface area is 104 Å². The molecule has 1 aromatic rings. The first-order valence-corrected chi connectivity index (χ1v) is 5.81. The number of nitrogens with one attached hydrogen (secondary N) is 3. The standard InChI is InChI=1S/C11H16N4O3/c1-18-10(16)9(4-8-5-12-6-13-8)15-11(17)14-7-2-3-7/h5-7,9H,2-4H2,1H3,(H,12,13)(H2,14,15,17)/t9-/m0/s1. The Kier molecular flexibility index (Phi) is 3.81. The summed E-state index contributed by atoms with van der Waals surface area (Å²) in [5, 5.41) is 5.36. The second kappa shape index (κ2) is 5.52. The van der Waals surface area contributed by atoms with Crippen LogP contribution in [0.5, 0.6) is 0 Å². The molecule has 1 atom stereocenters. The molecule has 1 fully saturated rings. The average molecular weight is 252 g/mol. The largest absolute Gasteiger partial charge is 0.467 e. The summed E-state index contributed by atoms with van der Waals surface area (Å²) in [4.78, 5) is 29.9. The first-order valence-electron chi connectivity index (χ1n) is 5.81. The minimum absolute atomic E-state index is 0.246. The number of imidazole rings is 1. The van der Waals surface area contributed by atoms with Crippen molar-refractivity contribution >= 4 is 12.0 Å². The molecule has 7 nitrogen and oxygen atoms in total. The van der Waals surface area contributed by atoms with Crippen LogP contribution in [0.2, 0.25) is 0 Å². The van der Waals surface area contributed by atoms with Crippen molar-refractivity contribution in [2.45, 2.75) is 31.3 Å². The lowest BCUT2D eigenvalue weighted by atomic mass is 10.1. The van der Waals surface area contributed by atoms with Gasteiger partial charge in [0.25, 0.3) is 0 Å². The van der Waals surface area contributed by atoms with Crippen LogP contribution in [0, 0.1) is 0 Å². The van der Waals surface area contributed by atoms with Gasteiger partial charge in [-0.3, -0.25) is 0 Å². The molecule has 1 aliphatic carbocycles. The van der Waals surface area contributed by atoms with Gasteiger partial charge in [0.2, 0.25) is 0 Å². The molecule has 2 rings (SSSR count). The van der Waals surface area contributed by atoms with Crippen LogP contribution in [-0.4, -0.2) is 41.2 Å². The van der Waals surface area contributed by atoms with Crippen LogP contribution in [0.3, 0.4) is 0 Å². The quantitative estimate of drug-likeness (QED) is 0.640. The van der Waals surface area contributed by atoms with Crippen LogP contribution in [0.1, 0.15) is 18.5 Å². The summed E-state index contributed by atoms with van der Waals surface area (Å²) in [5.41, 5.74) is 0.761. The van der Waals surface area contributed by atoms with E-state index < -0.39 is 12.0 Å². The first kappa shape index (κ1) is 12.4. The molecule has 0 bridgehead atoms. The fraction of sp³-hybridized carbons (Fsp3) is 0.545. The van der Waals surface area contributed by atoms with Crippen LogP contribution in [-0.2, 0) is 16.0 Å². The smallest absolute Gasteiger partial charge is 0.328 e. The number of aromatic nitrogens is 2. The van der Waals surface area contributed by atoms with E-state index in [2.05, 4.69) is 25.3 Å². The molecule has 18 heavy (non-hydrogen) atoms. The number of rotatable bonds is 5. The minimum Gasteiger partial charge on any atom is -0.467 e. The Bertz CT molecular complexity index is 414. The fourth-order valence-electron chi connectivity index (χ4n) is 1.56. The first-order chi connectivity index (χ1) is 8.69.